The first-order valence-corrected chi connectivity index (χ1v) is 8.70. The molecule has 0 radical (unpaired) electrons. The third kappa shape index (κ3) is 4.12. The van der Waals surface area contributed by atoms with Gasteiger partial charge in [-0.15, -0.1) is 0 Å². The summed E-state index contributed by atoms with van der Waals surface area (Å²) in [7, 11) is 0. The molecule has 0 saturated heterocycles. The van der Waals surface area contributed by atoms with Gasteiger partial charge in [0, 0.05) is 3.57 Å². The number of halogens is 3. The summed E-state index contributed by atoms with van der Waals surface area (Å²) in [5, 5.41) is 0.785. The first-order valence-electron chi connectivity index (χ1n) is 6.33. The molecule has 0 bridgehead atoms. The van der Waals surface area contributed by atoms with E-state index in [1.165, 1.54) is 5.56 Å². The molecule has 20 heavy (non-hydrogen) atoms. The van der Waals surface area contributed by atoms with Crippen LogP contribution in [0.25, 0.3) is 0 Å². The number of hydrogen-bond acceptors (Lipinski definition) is 1. The van der Waals surface area contributed by atoms with Gasteiger partial charge in [-0.25, -0.2) is 0 Å². The van der Waals surface area contributed by atoms with Crippen LogP contribution in [-0.2, 0) is 0 Å². The fourth-order valence-corrected chi connectivity index (χ4v) is 2.96. The second kappa shape index (κ2) is 7.14. The Hall–Kier alpha value is -0.260. The zero-order chi connectivity index (χ0) is 14.7. The summed E-state index contributed by atoms with van der Waals surface area (Å²) in [5.74, 6) is 0.893. The number of hydrogen-bond donors (Lipinski definition) is 0. The molecule has 0 aromatic heterocycles. The quantitative estimate of drug-likeness (QED) is 0.385. The molecule has 0 heterocycles. The van der Waals surface area contributed by atoms with Crippen molar-refractivity contribution in [2.45, 2.75) is 24.8 Å². The molecule has 0 N–H and O–H groups in total. The normalized spacial score (nSPS) is 12.5. The largest absolute Gasteiger partial charge is 0.491 e. The zero-order valence-electron chi connectivity index (χ0n) is 11.2. The van der Waals surface area contributed by atoms with Crippen LogP contribution < -0.4 is 4.74 Å². The third-order valence-corrected chi connectivity index (χ3v) is 5.41. The number of alkyl halides is 1. The van der Waals surface area contributed by atoms with Gasteiger partial charge in [0.25, 0.3) is 0 Å². The second-order valence-corrected chi connectivity index (χ2v) is 7.26. The van der Waals surface area contributed by atoms with Gasteiger partial charge < -0.3 is 4.74 Å². The van der Waals surface area contributed by atoms with Crippen LogP contribution in [0.3, 0.4) is 0 Å². The van der Waals surface area contributed by atoms with Crippen molar-refractivity contribution >= 4 is 50.1 Å². The van der Waals surface area contributed by atoms with Gasteiger partial charge in [-0.05, 0) is 71.8 Å². The third-order valence-electron chi connectivity index (χ3n) is 2.78. The molecular weight excluding hydrogens is 450 g/mol. The van der Waals surface area contributed by atoms with Crippen LogP contribution in [0.15, 0.2) is 42.5 Å². The summed E-state index contributed by atoms with van der Waals surface area (Å²) >= 11 is 12.1. The Morgan fingerprint density at radius 1 is 1.05 bits per heavy atom. The predicted octanol–water partition coefficient (Wildman–Crippen LogP) is 6.22. The highest BCUT2D eigenvalue weighted by Crippen LogP contribution is 2.34. The van der Waals surface area contributed by atoms with Gasteiger partial charge >= 0.3 is 0 Å². The van der Waals surface area contributed by atoms with Gasteiger partial charge in [0.05, 0.1) is 16.0 Å². The van der Waals surface area contributed by atoms with E-state index in [0.717, 1.165) is 19.9 Å². The average molecular weight is 466 g/mol. The second-order valence-electron chi connectivity index (χ2n) is 4.77. The van der Waals surface area contributed by atoms with Crippen molar-refractivity contribution in [1.29, 1.82) is 0 Å². The van der Waals surface area contributed by atoms with E-state index in [1.54, 1.807) is 0 Å². The molecule has 1 atom stereocenters. The summed E-state index contributed by atoms with van der Waals surface area (Å²) in [6.07, 6.45) is 0.190. The maximum Gasteiger partial charge on any atom is 0.119 e. The summed E-state index contributed by atoms with van der Waals surface area (Å²) in [6, 6.07) is 14.3. The van der Waals surface area contributed by atoms with E-state index in [9.17, 15) is 0 Å². The standard InChI is InChI=1S/C16H15BrClIO/c1-10(2)20-13-6-3-11(4-7-13)16(17)12-5-8-15(19)14(18)9-12/h3-10,16H,1-2H3. The van der Waals surface area contributed by atoms with Crippen LogP contribution >= 0.6 is 50.1 Å². The minimum Gasteiger partial charge on any atom is -0.491 e. The van der Waals surface area contributed by atoms with E-state index >= 15 is 0 Å². The maximum atomic E-state index is 6.18. The highest BCUT2D eigenvalue weighted by molar-refractivity contribution is 14.1. The Kier molecular flexibility index (Phi) is 5.75. The topological polar surface area (TPSA) is 9.23 Å². The van der Waals surface area contributed by atoms with Crippen molar-refractivity contribution in [2.24, 2.45) is 0 Å². The van der Waals surface area contributed by atoms with E-state index in [2.05, 4.69) is 56.7 Å². The molecule has 1 nitrogen and oxygen atoms in total. The molecule has 106 valence electrons. The predicted molar refractivity (Wildman–Crippen MR) is 97.1 cm³/mol. The minimum absolute atomic E-state index is 0.130. The molecule has 0 fully saturated rings. The summed E-state index contributed by atoms with van der Waals surface area (Å²) in [5.41, 5.74) is 2.33. The van der Waals surface area contributed by atoms with Crippen molar-refractivity contribution in [3.8, 4) is 5.75 Å². The lowest BCUT2D eigenvalue weighted by atomic mass is 10.0. The fraction of sp³-hybridized carbons (Fsp3) is 0.250. The summed E-state index contributed by atoms with van der Waals surface area (Å²) in [6.45, 7) is 4.05. The molecule has 0 saturated carbocycles. The number of benzene rings is 2. The Balaban J connectivity index is 2.20. The van der Waals surface area contributed by atoms with E-state index in [4.69, 9.17) is 16.3 Å². The average Bonchev–Trinajstić information content (AvgIpc) is 2.41. The van der Waals surface area contributed by atoms with Crippen molar-refractivity contribution in [2.75, 3.05) is 0 Å². The van der Waals surface area contributed by atoms with Crippen LogP contribution in [0.5, 0.6) is 5.75 Å². The molecule has 0 spiro atoms. The molecule has 4 heteroatoms. The lowest BCUT2D eigenvalue weighted by molar-refractivity contribution is 0.242. The van der Waals surface area contributed by atoms with Crippen LogP contribution in [0.4, 0.5) is 0 Å². The molecule has 0 aliphatic rings. The summed E-state index contributed by atoms with van der Waals surface area (Å²) < 4.78 is 6.72. The molecule has 0 amide bonds. The van der Waals surface area contributed by atoms with Crippen molar-refractivity contribution in [3.63, 3.8) is 0 Å². The minimum atomic E-state index is 0.130. The first-order chi connectivity index (χ1) is 9.47. The lowest BCUT2D eigenvalue weighted by Gasteiger charge is -2.14. The van der Waals surface area contributed by atoms with Gasteiger partial charge in [-0.2, -0.15) is 0 Å². The van der Waals surface area contributed by atoms with Gasteiger partial charge in [0.2, 0.25) is 0 Å². The zero-order valence-corrected chi connectivity index (χ0v) is 15.7. The molecule has 0 aliphatic heterocycles. The van der Waals surface area contributed by atoms with Crippen molar-refractivity contribution in [1.82, 2.24) is 0 Å². The Labute approximate surface area is 146 Å². The molecule has 0 aliphatic carbocycles. The van der Waals surface area contributed by atoms with Crippen molar-refractivity contribution in [3.05, 3.63) is 62.2 Å². The smallest absolute Gasteiger partial charge is 0.119 e. The Bertz CT molecular complexity index is 584. The molecule has 2 rings (SSSR count). The van der Waals surface area contributed by atoms with Gasteiger partial charge in [-0.1, -0.05) is 45.7 Å². The Morgan fingerprint density at radius 2 is 1.65 bits per heavy atom. The molecule has 2 aromatic carbocycles. The number of rotatable bonds is 4. The van der Waals surface area contributed by atoms with Gasteiger partial charge in [0.1, 0.15) is 5.75 Å². The van der Waals surface area contributed by atoms with Gasteiger partial charge in [-0.3, -0.25) is 0 Å². The summed E-state index contributed by atoms with van der Waals surface area (Å²) in [4.78, 5) is 0.130. The van der Waals surface area contributed by atoms with Crippen LogP contribution in [0, 0.1) is 3.57 Å². The van der Waals surface area contributed by atoms with Crippen LogP contribution in [-0.4, -0.2) is 6.10 Å². The highest BCUT2D eigenvalue weighted by Gasteiger charge is 2.12. The molecular formula is C16H15BrClIO. The van der Waals surface area contributed by atoms with E-state index in [0.29, 0.717) is 0 Å². The fourth-order valence-electron chi connectivity index (χ4n) is 1.85. The SMILES string of the molecule is CC(C)Oc1ccc(C(Br)c2ccc(I)c(Cl)c2)cc1. The van der Waals surface area contributed by atoms with E-state index in [-0.39, 0.29) is 10.9 Å². The van der Waals surface area contributed by atoms with Crippen molar-refractivity contribution < 1.29 is 4.74 Å². The monoisotopic (exact) mass is 464 g/mol. The van der Waals surface area contributed by atoms with E-state index < -0.39 is 0 Å². The first kappa shape index (κ1) is 16.1. The van der Waals surface area contributed by atoms with E-state index in [1.807, 2.05) is 38.1 Å². The van der Waals surface area contributed by atoms with Crippen LogP contribution in [0.1, 0.15) is 29.8 Å². The Morgan fingerprint density at radius 3 is 2.20 bits per heavy atom. The number of ether oxygens (including phenoxy) is 1. The van der Waals surface area contributed by atoms with Crippen LogP contribution in [0.2, 0.25) is 5.02 Å². The molecule has 1 unspecified atom stereocenters. The highest BCUT2D eigenvalue weighted by atomic mass is 127. The lowest BCUT2D eigenvalue weighted by Crippen LogP contribution is -2.05. The maximum absolute atomic E-state index is 6.18. The molecule has 2 aromatic rings. The van der Waals surface area contributed by atoms with Gasteiger partial charge in [0.15, 0.2) is 0 Å².